The van der Waals surface area contributed by atoms with Crippen molar-refractivity contribution in [1.29, 1.82) is 0 Å². The van der Waals surface area contributed by atoms with Crippen LogP contribution < -0.4 is 16.8 Å². The summed E-state index contributed by atoms with van der Waals surface area (Å²) in [4.78, 5) is 22.7. The van der Waals surface area contributed by atoms with Crippen LogP contribution in [0.5, 0.6) is 0 Å². The van der Waals surface area contributed by atoms with Gasteiger partial charge in [0, 0.05) is 31.0 Å². The van der Waals surface area contributed by atoms with Gasteiger partial charge in [0.15, 0.2) is 28.9 Å². The molecule has 6 atom stereocenters. The topological polar surface area (TPSA) is 199 Å². The predicted molar refractivity (Wildman–Crippen MR) is 131 cm³/mol. The number of imidazole rings is 2. The number of aliphatic imine (C=N–C) groups is 1. The molecule has 0 bridgehead atoms. The first-order valence-corrected chi connectivity index (χ1v) is 11.8. The molecule has 2 aliphatic carbocycles. The molecule has 13 heteroatoms. The van der Waals surface area contributed by atoms with E-state index >= 15 is 0 Å². The molecule has 0 radical (unpaired) electrons. The van der Waals surface area contributed by atoms with Gasteiger partial charge in [-0.1, -0.05) is 13.2 Å². The summed E-state index contributed by atoms with van der Waals surface area (Å²) < 4.78 is 3.72. The van der Waals surface area contributed by atoms with Crippen molar-refractivity contribution in [2.24, 2.45) is 28.5 Å². The third kappa shape index (κ3) is 3.07. The molecule has 3 aromatic rings. The Hall–Kier alpha value is -3.65. The number of aliphatic hydroxyl groups is 3. The third-order valence-corrected chi connectivity index (χ3v) is 7.76. The smallest absolute Gasteiger partial charge is 0.199 e. The van der Waals surface area contributed by atoms with Gasteiger partial charge in [0.2, 0.25) is 0 Å². The van der Waals surface area contributed by atoms with Crippen LogP contribution in [-0.4, -0.2) is 70.0 Å². The van der Waals surface area contributed by atoms with Crippen LogP contribution in [0.2, 0.25) is 0 Å². The molecule has 4 heterocycles. The quantitative estimate of drug-likeness (QED) is 0.248. The summed E-state index contributed by atoms with van der Waals surface area (Å²) in [5, 5.41) is 32.1. The predicted octanol–water partition coefficient (Wildman–Crippen LogP) is -0.319. The van der Waals surface area contributed by atoms with Gasteiger partial charge < -0.3 is 41.2 Å². The maximum absolute atomic E-state index is 9.90. The van der Waals surface area contributed by atoms with Crippen molar-refractivity contribution in [2.45, 2.75) is 24.7 Å². The van der Waals surface area contributed by atoms with Gasteiger partial charge in [0.1, 0.15) is 17.4 Å². The number of nitrogens with two attached hydrogens (primary N) is 2. The number of aromatic nitrogens is 6. The molecule has 0 spiro atoms. The van der Waals surface area contributed by atoms with Gasteiger partial charge in [-0.2, -0.15) is 0 Å². The number of aliphatic hydroxyl groups excluding tert-OH is 3. The number of hydrogen-bond donors (Lipinski definition) is 6. The van der Waals surface area contributed by atoms with Crippen LogP contribution in [0.25, 0.3) is 11.2 Å². The zero-order chi connectivity index (χ0) is 25.3. The van der Waals surface area contributed by atoms with E-state index in [1.807, 2.05) is 9.13 Å². The first-order chi connectivity index (χ1) is 17.4. The molecule has 3 aromatic heterocycles. The van der Waals surface area contributed by atoms with Crippen LogP contribution in [-0.2, 0) is 0 Å². The van der Waals surface area contributed by atoms with E-state index in [0.717, 1.165) is 17.6 Å². The highest BCUT2D eigenvalue weighted by atomic mass is 16.3. The van der Waals surface area contributed by atoms with Crippen LogP contribution in [0.3, 0.4) is 0 Å². The lowest BCUT2D eigenvalue weighted by Crippen LogP contribution is -2.45. The Morgan fingerprint density at radius 1 is 1.03 bits per heavy atom. The lowest BCUT2D eigenvalue weighted by atomic mass is 9.66. The van der Waals surface area contributed by atoms with Crippen LogP contribution in [0, 0.1) is 17.8 Å². The maximum Gasteiger partial charge on any atom is 0.199 e. The van der Waals surface area contributed by atoms with Crippen molar-refractivity contribution in [1.82, 2.24) is 34.4 Å². The molecule has 2 fully saturated rings. The first kappa shape index (κ1) is 22.8. The van der Waals surface area contributed by atoms with Crippen molar-refractivity contribution in [3.05, 3.63) is 48.5 Å². The Morgan fingerprint density at radius 3 is 2.50 bits per heavy atom. The zero-order valence-electron chi connectivity index (χ0n) is 19.5. The standard InChI is InChI=1S/C23H28N10O3/c1-9-11(4-34)3-14(9)32-7-26-15-18(24)28-20(30-22(15)32)21-29-19(25)16-23(31-21)33(8-27-16)17-10(2)12(5-35)13(17)6-36/h7-8,11-14,17,19,34-36H,1-6,25H2,(H,29,31)(H2,24,28,30)/t11-,12-,13+,14-,17+,19?/m0/s1. The molecular weight excluding hydrogens is 464 g/mol. The third-order valence-electron chi connectivity index (χ3n) is 7.76. The van der Waals surface area contributed by atoms with Crippen molar-refractivity contribution in [3.8, 4) is 0 Å². The Balaban J connectivity index is 1.40. The number of anilines is 1. The molecule has 3 aliphatic rings. The van der Waals surface area contributed by atoms with Crippen molar-refractivity contribution in [3.63, 3.8) is 0 Å². The normalized spacial score (nSPS) is 29.4. The fourth-order valence-corrected chi connectivity index (χ4v) is 5.55. The van der Waals surface area contributed by atoms with Gasteiger partial charge >= 0.3 is 0 Å². The summed E-state index contributed by atoms with van der Waals surface area (Å²) in [6.07, 6.45) is 3.34. The zero-order valence-corrected chi connectivity index (χ0v) is 19.5. The Bertz CT molecular complexity index is 1420. The van der Waals surface area contributed by atoms with Crippen LogP contribution in [0.4, 0.5) is 11.6 Å². The molecule has 188 valence electrons. The van der Waals surface area contributed by atoms with E-state index in [9.17, 15) is 15.3 Å². The summed E-state index contributed by atoms with van der Waals surface area (Å²) in [6, 6.07) is -0.303. The first-order valence-electron chi connectivity index (χ1n) is 11.8. The van der Waals surface area contributed by atoms with Crippen LogP contribution in [0.1, 0.15) is 36.2 Å². The number of hydrogen-bond acceptors (Lipinski definition) is 11. The van der Waals surface area contributed by atoms with E-state index in [1.165, 1.54) is 0 Å². The summed E-state index contributed by atoms with van der Waals surface area (Å²) in [7, 11) is 0. The second kappa shape index (κ2) is 8.20. The number of nitrogen functional groups attached to an aromatic ring is 1. The van der Waals surface area contributed by atoms with Gasteiger partial charge in [0.25, 0.3) is 0 Å². The molecule has 2 saturated carbocycles. The molecule has 0 saturated heterocycles. The lowest BCUT2D eigenvalue weighted by Gasteiger charge is -2.46. The number of nitrogens with zero attached hydrogens (tertiary/aromatic N) is 7. The highest BCUT2D eigenvalue weighted by Crippen LogP contribution is 2.50. The van der Waals surface area contributed by atoms with Gasteiger partial charge in [-0.3, -0.25) is 0 Å². The molecule has 0 amide bonds. The Labute approximate surface area is 205 Å². The Morgan fingerprint density at radius 2 is 1.81 bits per heavy atom. The fraction of sp³-hybridized carbons (Fsp3) is 0.435. The second-order valence-corrected chi connectivity index (χ2v) is 9.56. The highest BCUT2D eigenvalue weighted by Gasteiger charge is 2.46. The summed E-state index contributed by atoms with van der Waals surface area (Å²) in [5.74, 6) is 0.943. The minimum Gasteiger partial charge on any atom is -0.396 e. The summed E-state index contributed by atoms with van der Waals surface area (Å²) in [5.41, 5.74) is 15.9. The van der Waals surface area contributed by atoms with Crippen LogP contribution >= 0.6 is 0 Å². The summed E-state index contributed by atoms with van der Waals surface area (Å²) >= 11 is 0. The molecule has 13 nitrogen and oxygen atoms in total. The molecule has 8 N–H and O–H groups in total. The SMILES string of the molecule is C=C1[C@@H](n2cnc3c2N=C(c2nc(N)c4ncn([C@H]5C[C@@H](CO)C5=C)c4n2)NC3N)[C@H](CO)[C@H]1CO. The second-order valence-electron chi connectivity index (χ2n) is 9.56. The van der Waals surface area contributed by atoms with Crippen molar-refractivity contribution in [2.75, 3.05) is 25.6 Å². The molecule has 36 heavy (non-hydrogen) atoms. The molecule has 6 rings (SSSR count). The van der Waals surface area contributed by atoms with E-state index in [0.29, 0.717) is 28.5 Å². The minimum absolute atomic E-state index is 0.0367. The van der Waals surface area contributed by atoms with E-state index in [4.69, 9.17) is 21.4 Å². The maximum atomic E-state index is 9.90. The van der Waals surface area contributed by atoms with Crippen molar-refractivity contribution >= 4 is 28.6 Å². The van der Waals surface area contributed by atoms with E-state index in [2.05, 4.69) is 33.4 Å². The van der Waals surface area contributed by atoms with E-state index < -0.39 is 6.17 Å². The number of rotatable bonds is 6. The number of nitrogens with one attached hydrogen (secondary N) is 1. The monoisotopic (exact) mass is 492 g/mol. The average molecular weight is 493 g/mol. The average Bonchev–Trinajstić information content (AvgIpc) is 3.47. The van der Waals surface area contributed by atoms with Gasteiger partial charge in [0.05, 0.1) is 31.3 Å². The van der Waals surface area contributed by atoms with E-state index in [1.54, 1.807) is 12.7 Å². The largest absolute Gasteiger partial charge is 0.396 e. The molecular formula is C23H28N10O3. The van der Waals surface area contributed by atoms with Gasteiger partial charge in [-0.25, -0.2) is 24.9 Å². The highest BCUT2D eigenvalue weighted by molar-refractivity contribution is 6.00. The lowest BCUT2D eigenvalue weighted by molar-refractivity contribution is 0.0529. The van der Waals surface area contributed by atoms with Crippen molar-refractivity contribution < 1.29 is 15.3 Å². The molecule has 0 aromatic carbocycles. The minimum atomic E-state index is -0.675. The number of amidine groups is 1. The fourth-order valence-electron chi connectivity index (χ4n) is 5.55. The Kier molecular flexibility index (Phi) is 5.19. The van der Waals surface area contributed by atoms with Gasteiger partial charge in [-0.15, -0.1) is 0 Å². The molecule has 1 aliphatic heterocycles. The number of fused-ring (bicyclic) bond motifs is 2. The van der Waals surface area contributed by atoms with Gasteiger partial charge in [-0.05, 0) is 17.6 Å². The summed E-state index contributed by atoms with van der Waals surface area (Å²) in [6.45, 7) is 8.08. The van der Waals surface area contributed by atoms with Crippen LogP contribution in [0.15, 0.2) is 42.0 Å². The molecule has 1 unspecified atom stereocenters. The van der Waals surface area contributed by atoms with E-state index in [-0.39, 0.29) is 61.3 Å².